The molecular weight excluding hydrogens is 398 g/mol. The minimum atomic E-state index is -1.01. The van der Waals surface area contributed by atoms with Gasteiger partial charge in [-0.05, 0) is 48.9 Å². The number of hydrogen-bond donors (Lipinski definition) is 2. The van der Waals surface area contributed by atoms with E-state index in [-0.39, 0.29) is 18.7 Å². The van der Waals surface area contributed by atoms with Crippen LogP contribution in [0.15, 0.2) is 42.6 Å². The molecule has 162 valence electrons. The number of fused-ring (bicyclic) bond motifs is 1. The highest BCUT2D eigenvalue weighted by atomic mass is 35.5. The van der Waals surface area contributed by atoms with Gasteiger partial charge in [0.05, 0.1) is 16.6 Å². The summed E-state index contributed by atoms with van der Waals surface area (Å²) >= 11 is 6.17. The molecule has 30 heavy (non-hydrogen) atoms. The predicted octanol–water partition coefficient (Wildman–Crippen LogP) is 4.45. The summed E-state index contributed by atoms with van der Waals surface area (Å²) in [6.07, 6.45) is 2.31. The molecule has 1 amide bonds. The minimum Gasteiger partial charge on any atom is -0.344 e. The van der Waals surface area contributed by atoms with Gasteiger partial charge in [-0.3, -0.25) is 9.20 Å². The lowest BCUT2D eigenvalue weighted by Gasteiger charge is -2.24. The van der Waals surface area contributed by atoms with Crippen molar-refractivity contribution in [2.45, 2.75) is 65.5 Å². The zero-order valence-corrected chi connectivity index (χ0v) is 18.3. The number of pyridine rings is 1. The van der Waals surface area contributed by atoms with Gasteiger partial charge >= 0.3 is 0 Å². The summed E-state index contributed by atoms with van der Waals surface area (Å²) in [5, 5.41) is 12.1. The fourth-order valence-corrected chi connectivity index (χ4v) is 3.21. The maximum absolute atomic E-state index is 12.6. The van der Waals surface area contributed by atoms with Gasteiger partial charge in [0, 0.05) is 6.20 Å². The van der Waals surface area contributed by atoms with E-state index < -0.39 is 11.6 Å². The normalized spacial score (nSPS) is 13.0. The van der Waals surface area contributed by atoms with Crippen LogP contribution in [-0.2, 0) is 16.6 Å². The summed E-state index contributed by atoms with van der Waals surface area (Å²) in [5.41, 5.74) is 8.07. The molecule has 0 unspecified atom stereocenters. The summed E-state index contributed by atoms with van der Waals surface area (Å²) in [6, 6.07) is 11.6. The van der Waals surface area contributed by atoms with Crippen molar-refractivity contribution in [2.75, 3.05) is 0 Å². The Labute approximate surface area is 183 Å². The van der Waals surface area contributed by atoms with Gasteiger partial charge < -0.3 is 11.1 Å². The molecule has 0 spiro atoms. The van der Waals surface area contributed by atoms with E-state index in [1.165, 1.54) is 5.56 Å². The maximum Gasteiger partial charge on any atom is 0.240 e. The van der Waals surface area contributed by atoms with Crippen LogP contribution in [0.2, 0.25) is 5.02 Å². The van der Waals surface area contributed by atoms with Gasteiger partial charge in [0.1, 0.15) is 0 Å². The van der Waals surface area contributed by atoms with Gasteiger partial charge in [-0.15, -0.1) is 10.2 Å². The number of benzene rings is 1. The fraction of sp³-hybridized carbons (Fsp3) is 0.435. The molecule has 0 aliphatic carbocycles. The van der Waals surface area contributed by atoms with Crippen LogP contribution < -0.4 is 11.1 Å². The number of aromatic nitrogens is 3. The van der Waals surface area contributed by atoms with E-state index >= 15 is 0 Å². The first-order valence-corrected chi connectivity index (χ1v) is 10.0. The SMILES string of the molecule is C.CC(C)(N)C(=O)N[C@H](Cc1ccc(C(C)(C)C)cc1)c1nnc2ccc(Cl)cn12. The number of rotatable bonds is 5. The maximum atomic E-state index is 12.6. The average Bonchev–Trinajstić information content (AvgIpc) is 3.03. The van der Waals surface area contributed by atoms with E-state index in [0.29, 0.717) is 22.9 Å². The molecule has 2 heterocycles. The second-order valence-electron chi connectivity index (χ2n) is 9.03. The van der Waals surface area contributed by atoms with Crippen LogP contribution in [0.5, 0.6) is 0 Å². The summed E-state index contributed by atoms with van der Waals surface area (Å²) in [6.45, 7) is 9.90. The molecule has 0 radical (unpaired) electrons. The van der Waals surface area contributed by atoms with Crippen molar-refractivity contribution in [1.29, 1.82) is 0 Å². The Bertz CT molecular complexity index is 1010. The van der Waals surface area contributed by atoms with E-state index in [2.05, 4.69) is 60.6 Å². The third kappa shape index (κ3) is 5.37. The number of nitrogens with one attached hydrogen (secondary N) is 1. The molecule has 3 aromatic rings. The topological polar surface area (TPSA) is 85.3 Å². The Hall–Kier alpha value is -2.44. The first-order valence-electron chi connectivity index (χ1n) is 9.64. The molecule has 0 aliphatic heterocycles. The predicted molar refractivity (Wildman–Crippen MR) is 123 cm³/mol. The van der Waals surface area contributed by atoms with Crippen LogP contribution in [0.4, 0.5) is 0 Å². The number of halogens is 1. The van der Waals surface area contributed by atoms with Crippen molar-refractivity contribution in [1.82, 2.24) is 19.9 Å². The molecular formula is C23H32ClN5O. The zero-order valence-electron chi connectivity index (χ0n) is 17.5. The van der Waals surface area contributed by atoms with Crippen molar-refractivity contribution in [3.8, 4) is 0 Å². The summed E-state index contributed by atoms with van der Waals surface area (Å²) in [5.74, 6) is 0.354. The largest absolute Gasteiger partial charge is 0.344 e. The van der Waals surface area contributed by atoms with Crippen LogP contribution in [0, 0.1) is 0 Å². The zero-order chi connectivity index (χ0) is 21.4. The highest BCUT2D eigenvalue weighted by Gasteiger charge is 2.28. The number of amides is 1. The van der Waals surface area contributed by atoms with Crippen LogP contribution in [0.25, 0.3) is 5.65 Å². The Balaban J connectivity index is 0.00000320. The number of nitrogens with two attached hydrogens (primary N) is 1. The van der Waals surface area contributed by atoms with Gasteiger partial charge in [-0.2, -0.15) is 0 Å². The van der Waals surface area contributed by atoms with Crippen LogP contribution >= 0.6 is 11.6 Å². The average molecular weight is 430 g/mol. The third-order valence-corrected chi connectivity index (χ3v) is 5.08. The highest BCUT2D eigenvalue weighted by Crippen LogP contribution is 2.25. The number of hydrogen-bond acceptors (Lipinski definition) is 4. The molecule has 1 atom stereocenters. The van der Waals surface area contributed by atoms with Crippen LogP contribution in [-0.4, -0.2) is 26.0 Å². The summed E-state index contributed by atoms with van der Waals surface area (Å²) in [4.78, 5) is 12.6. The van der Waals surface area contributed by atoms with E-state index in [0.717, 1.165) is 5.56 Å². The lowest BCUT2D eigenvalue weighted by atomic mass is 9.86. The molecule has 0 saturated heterocycles. The molecule has 0 fully saturated rings. The van der Waals surface area contributed by atoms with Crippen molar-refractivity contribution in [3.63, 3.8) is 0 Å². The molecule has 3 rings (SSSR count). The highest BCUT2D eigenvalue weighted by molar-refractivity contribution is 6.30. The second-order valence-corrected chi connectivity index (χ2v) is 9.47. The van der Waals surface area contributed by atoms with Crippen molar-refractivity contribution >= 4 is 23.2 Å². The number of carbonyl (C=O) groups is 1. The van der Waals surface area contributed by atoms with Gasteiger partial charge in [0.15, 0.2) is 11.5 Å². The lowest BCUT2D eigenvalue weighted by Crippen LogP contribution is -2.50. The van der Waals surface area contributed by atoms with E-state index in [4.69, 9.17) is 17.3 Å². The minimum absolute atomic E-state index is 0. The van der Waals surface area contributed by atoms with E-state index in [1.807, 2.05) is 0 Å². The number of nitrogens with zero attached hydrogens (tertiary/aromatic N) is 3. The van der Waals surface area contributed by atoms with Crippen molar-refractivity contribution in [2.24, 2.45) is 5.73 Å². The Morgan fingerprint density at radius 3 is 2.30 bits per heavy atom. The van der Waals surface area contributed by atoms with Crippen molar-refractivity contribution in [3.05, 3.63) is 64.6 Å². The summed E-state index contributed by atoms with van der Waals surface area (Å²) < 4.78 is 1.81. The monoisotopic (exact) mass is 429 g/mol. The van der Waals surface area contributed by atoms with E-state index in [9.17, 15) is 4.79 Å². The van der Waals surface area contributed by atoms with Crippen LogP contribution in [0.1, 0.15) is 65.0 Å². The number of carbonyl (C=O) groups excluding carboxylic acids is 1. The molecule has 1 aromatic carbocycles. The second kappa shape index (κ2) is 8.74. The first kappa shape index (κ1) is 23.8. The van der Waals surface area contributed by atoms with Gasteiger partial charge in [-0.25, -0.2) is 0 Å². The Kier molecular flexibility index (Phi) is 6.94. The smallest absolute Gasteiger partial charge is 0.240 e. The lowest BCUT2D eigenvalue weighted by molar-refractivity contribution is -0.126. The molecule has 3 N–H and O–H groups in total. The molecule has 0 saturated carbocycles. The molecule has 7 heteroatoms. The molecule has 6 nitrogen and oxygen atoms in total. The first-order chi connectivity index (χ1) is 13.4. The third-order valence-electron chi connectivity index (χ3n) is 4.85. The molecule has 0 bridgehead atoms. The quantitative estimate of drug-likeness (QED) is 0.627. The van der Waals surface area contributed by atoms with Crippen molar-refractivity contribution < 1.29 is 4.79 Å². The van der Waals surface area contributed by atoms with Crippen LogP contribution in [0.3, 0.4) is 0 Å². The Morgan fingerprint density at radius 2 is 1.73 bits per heavy atom. The van der Waals surface area contributed by atoms with E-state index in [1.54, 1.807) is 36.6 Å². The molecule has 0 aliphatic rings. The van der Waals surface area contributed by atoms with Gasteiger partial charge in [-0.1, -0.05) is 64.1 Å². The van der Waals surface area contributed by atoms with Gasteiger partial charge in [0.2, 0.25) is 5.91 Å². The van der Waals surface area contributed by atoms with Gasteiger partial charge in [0.25, 0.3) is 0 Å². The Morgan fingerprint density at radius 1 is 1.10 bits per heavy atom. The molecule has 2 aromatic heterocycles. The fourth-order valence-electron chi connectivity index (χ4n) is 3.05. The summed E-state index contributed by atoms with van der Waals surface area (Å²) in [7, 11) is 0. The standard InChI is InChI=1S/C22H28ClN5O.CH4/c1-21(2,3)15-8-6-14(7-9-15)12-17(25-20(29)22(4,5)24)19-27-26-18-11-10-16(23)13-28(18)19;/h6-11,13,17H,12,24H2,1-5H3,(H,25,29);1H4/t17-;/m1./s1.